The van der Waals surface area contributed by atoms with E-state index in [1.807, 2.05) is 0 Å². The number of benzene rings is 1. The van der Waals surface area contributed by atoms with E-state index in [-0.39, 0.29) is 24.3 Å². The molecule has 1 aromatic carbocycles. The number of ether oxygens (including phenoxy) is 1. The molecule has 0 saturated carbocycles. The zero-order chi connectivity index (χ0) is 12.0. The van der Waals surface area contributed by atoms with Gasteiger partial charge in [0.05, 0.1) is 7.11 Å². The first-order valence-electron chi connectivity index (χ1n) is 5.48. The van der Waals surface area contributed by atoms with Crippen LogP contribution in [0.1, 0.15) is 30.9 Å². The highest BCUT2D eigenvalue weighted by molar-refractivity contribution is 5.85. The van der Waals surface area contributed by atoms with E-state index in [9.17, 15) is 4.39 Å². The molecular formula is C12H20ClFN2O. The number of rotatable bonds is 6. The van der Waals surface area contributed by atoms with Crippen LogP contribution in [0.15, 0.2) is 18.2 Å². The van der Waals surface area contributed by atoms with Gasteiger partial charge in [0.15, 0.2) is 0 Å². The first-order chi connectivity index (χ1) is 7.69. The van der Waals surface area contributed by atoms with Crippen molar-refractivity contribution in [3.05, 3.63) is 29.6 Å². The summed E-state index contributed by atoms with van der Waals surface area (Å²) in [6.07, 6.45) is 2.59. The van der Waals surface area contributed by atoms with Gasteiger partial charge in [0.1, 0.15) is 11.6 Å². The number of halogens is 2. The average Bonchev–Trinajstić information content (AvgIpc) is 2.29. The van der Waals surface area contributed by atoms with E-state index in [0.717, 1.165) is 19.3 Å². The molecule has 4 N–H and O–H groups in total. The van der Waals surface area contributed by atoms with Crippen LogP contribution in [0, 0.1) is 5.82 Å². The molecule has 0 bridgehead atoms. The maximum Gasteiger partial charge on any atom is 0.131 e. The van der Waals surface area contributed by atoms with Crippen molar-refractivity contribution in [2.75, 3.05) is 13.7 Å². The van der Waals surface area contributed by atoms with Gasteiger partial charge >= 0.3 is 0 Å². The molecule has 17 heavy (non-hydrogen) atoms. The summed E-state index contributed by atoms with van der Waals surface area (Å²) in [5.41, 5.74) is 11.8. The van der Waals surface area contributed by atoms with E-state index >= 15 is 0 Å². The third kappa shape index (κ3) is 4.89. The number of hydrogen-bond acceptors (Lipinski definition) is 3. The van der Waals surface area contributed by atoms with E-state index in [1.54, 1.807) is 12.1 Å². The molecular weight excluding hydrogens is 243 g/mol. The average molecular weight is 263 g/mol. The highest BCUT2D eigenvalue weighted by Crippen LogP contribution is 2.23. The van der Waals surface area contributed by atoms with Crippen LogP contribution in [-0.4, -0.2) is 13.7 Å². The fraction of sp³-hybridized carbons (Fsp3) is 0.500. The molecule has 0 aliphatic carbocycles. The zero-order valence-electron chi connectivity index (χ0n) is 9.99. The van der Waals surface area contributed by atoms with Crippen molar-refractivity contribution in [1.82, 2.24) is 0 Å². The molecule has 0 heterocycles. The summed E-state index contributed by atoms with van der Waals surface area (Å²) in [7, 11) is 1.51. The third-order valence-corrected chi connectivity index (χ3v) is 2.58. The molecule has 0 saturated heterocycles. The quantitative estimate of drug-likeness (QED) is 0.774. The Hall–Kier alpha value is -0.840. The summed E-state index contributed by atoms with van der Waals surface area (Å²) in [5, 5.41) is 0. The smallest absolute Gasteiger partial charge is 0.131 e. The van der Waals surface area contributed by atoms with Crippen molar-refractivity contribution in [2.24, 2.45) is 11.5 Å². The van der Waals surface area contributed by atoms with Gasteiger partial charge in [-0.15, -0.1) is 12.4 Å². The van der Waals surface area contributed by atoms with Crippen LogP contribution in [-0.2, 0) is 0 Å². The molecule has 0 radical (unpaired) electrons. The minimum Gasteiger partial charge on any atom is -0.497 e. The maximum atomic E-state index is 13.6. The van der Waals surface area contributed by atoms with E-state index in [1.165, 1.54) is 13.2 Å². The second-order valence-electron chi connectivity index (χ2n) is 3.78. The summed E-state index contributed by atoms with van der Waals surface area (Å²) in [6, 6.07) is 4.50. The first-order valence-corrected chi connectivity index (χ1v) is 5.48. The molecule has 1 atom stereocenters. The monoisotopic (exact) mass is 262 g/mol. The topological polar surface area (TPSA) is 61.3 Å². The number of hydrogen-bond donors (Lipinski definition) is 2. The van der Waals surface area contributed by atoms with E-state index < -0.39 is 0 Å². The number of methoxy groups -OCH3 is 1. The van der Waals surface area contributed by atoms with Gasteiger partial charge < -0.3 is 16.2 Å². The predicted molar refractivity (Wildman–Crippen MR) is 70.0 cm³/mol. The van der Waals surface area contributed by atoms with Crippen LogP contribution in [0.25, 0.3) is 0 Å². The lowest BCUT2D eigenvalue weighted by atomic mass is 10.0. The zero-order valence-corrected chi connectivity index (χ0v) is 10.8. The Kier molecular flexibility index (Phi) is 7.87. The molecule has 0 spiro atoms. The van der Waals surface area contributed by atoms with Crippen LogP contribution in [0.3, 0.4) is 0 Å². The molecule has 0 amide bonds. The van der Waals surface area contributed by atoms with Gasteiger partial charge in [0.25, 0.3) is 0 Å². The minimum absolute atomic E-state index is 0. The third-order valence-electron chi connectivity index (χ3n) is 2.58. The molecule has 1 aromatic rings. The van der Waals surface area contributed by atoms with E-state index in [4.69, 9.17) is 16.2 Å². The SMILES string of the molecule is COc1ccc([C@H](N)CCCCN)c(F)c1.Cl. The molecule has 5 heteroatoms. The Labute approximate surface area is 108 Å². The van der Waals surface area contributed by atoms with Crippen LogP contribution >= 0.6 is 12.4 Å². The van der Waals surface area contributed by atoms with Crippen LogP contribution in [0.5, 0.6) is 5.75 Å². The van der Waals surface area contributed by atoms with Crippen molar-refractivity contribution < 1.29 is 9.13 Å². The fourth-order valence-electron chi connectivity index (χ4n) is 1.60. The number of unbranched alkanes of at least 4 members (excludes halogenated alkanes) is 1. The second kappa shape index (κ2) is 8.28. The summed E-state index contributed by atoms with van der Waals surface area (Å²) in [6.45, 7) is 0.651. The van der Waals surface area contributed by atoms with Crippen molar-refractivity contribution in [1.29, 1.82) is 0 Å². The van der Waals surface area contributed by atoms with Gasteiger partial charge in [-0.3, -0.25) is 0 Å². The first kappa shape index (κ1) is 16.2. The van der Waals surface area contributed by atoms with E-state index in [2.05, 4.69) is 0 Å². The van der Waals surface area contributed by atoms with E-state index in [0.29, 0.717) is 17.9 Å². The van der Waals surface area contributed by atoms with Crippen molar-refractivity contribution >= 4 is 12.4 Å². The Bertz CT molecular complexity index is 336. The van der Waals surface area contributed by atoms with Crippen molar-refractivity contribution in [3.63, 3.8) is 0 Å². The Morgan fingerprint density at radius 2 is 2.06 bits per heavy atom. The Balaban J connectivity index is 0.00000256. The molecule has 0 unspecified atom stereocenters. The molecule has 98 valence electrons. The second-order valence-corrected chi connectivity index (χ2v) is 3.78. The predicted octanol–water partition coefficient (Wildman–Crippen LogP) is 2.38. The van der Waals surface area contributed by atoms with Gasteiger partial charge in [-0.25, -0.2) is 4.39 Å². The number of nitrogens with two attached hydrogens (primary N) is 2. The van der Waals surface area contributed by atoms with Gasteiger partial charge in [0.2, 0.25) is 0 Å². The molecule has 1 rings (SSSR count). The molecule has 0 aliphatic rings. The largest absolute Gasteiger partial charge is 0.497 e. The lowest BCUT2D eigenvalue weighted by Crippen LogP contribution is -2.12. The maximum absolute atomic E-state index is 13.6. The Morgan fingerprint density at radius 3 is 2.59 bits per heavy atom. The minimum atomic E-state index is -0.306. The standard InChI is InChI=1S/C12H19FN2O.ClH/c1-16-9-5-6-10(11(13)8-9)12(15)4-2-3-7-14;/h5-6,8,12H,2-4,7,14-15H2,1H3;1H/t12-;/m1./s1. The lowest BCUT2D eigenvalue weighted by molar-refractivity contribution is 0.410. The highest BCUT2D eigenvalue weighted by atomic mass is 35.5. The summed E-state index contributed by atoms with van der Waals surface area (Å²) < 4.78 is 18.5. The fourth-order valence-corrected chi connectivity index (χ4v) is 1.60. The molecule has 0 aromatic heterocycles. The molecule has 0 fully saturated rings. The van der Waals surface area contributed by atoms with Crippen LogP contribution in [0.4, 0.5) is 4.39 Å². The molecule has 3 nitrogen and oxygen atoms in total. The van der Waals surface area contributed by atoms with Gasteiger partial charge in [-0.05, 0) is 25.5 Å². The van der Waals surface area contributed by atoms with Crippen molar-refractivity contribution in [3.8, 4) is 5.75 Å². The molecule has 0 aliphatic heterocycles. The summed E-state index contributed by atoms with van der Waals surface area (Å²) in [4.78, 5) is 0. The summed E-state index contributed by atoms with van der Waals surface area (Å²) in [5.74, 6) is 0.204. The van der Waals surface area contributed by atoms with Gasteiger partial charge in [0, 0.05) is 17.7 Å². The summed E-state index contributed by atoms with van der Waals surface area (Å²) >= 11 is 0. The van der Waals surface area contributed by atoms with Gasteiger partial charge in [-0.2, -0.15) is 0 Å². The van der Waals surface area contributed by atoms with Crippen LogP contribution in [0.2, 0.25) is 0 Å². The lowest BCUT2D eigenvalue weighted by Gasteiger charge is -2.13. The highest BCUT2D eigenvalue weighted by Gasteiger charge is 2.11. The van der Waals surface area contributed by atoms with Gasteiger partial charge in [-0.1, -0.05) is 12.5 Å². The normalized spacial score (nSPS) is 11.8. The Morgan fingerprint density at radius 1 is 1.35 bits per heavy atom. The van der Waals surface area contributed by atoms with Crippen LogP contribution < -0.4 is 16.2 Å². The van der Waals surface area contributed by atoms with Crippen molar-refractivity contribution in [2.45, 2.75) is 25.3 Å².